The van der Waals surface area contributed by atoms with Crippen LogP contribution in [-0.2, 0) is 0 Å². The van der Waals surface area contributed by atoms with Crippen molar-refractivity contribution in [2.75, 3.05) is 13.2 Å². The molecule has 0 radical (unpaired) electrons. The maximum atomic E-state index is 5.81. The van der Waals surface area contributed by atoms with Gasteiger partial charge in [-0.25, -0.2) is 0 Å². The van der Waals surface area contributed by atoms with Crippen LogP contribution in [0.3, 0.4) is 0 Å². The van der Waals surface area contributed by atoms with Crippen molar-refractivity contribution in [1.82, 2.24) is 10.3 Å². The van der Waals surface area contributed by atoms with Crippen LogP contribution in [0.5, 0.6) is 5.75 Å². The highest BCUT2D eigenvalue weighted by molar-refractivity contribution is 5.79. The third-order valence-corrected chi connectivity index (χ3v) is 3.93. The van der Waals surface area contributed by atoms with Crippen LogP contribution in [0, 0.1) is 0 Å². The second kappa shape index (κ2) is 7.41. The Morgan fingerprint density at radius 2 is 2.00 bits per heavy atom. The van der Waals surface area contributed by atoms with Crippen LogP contribution in [0.4, 0.5) is 0 Å². The Kier molecular flexibility index (Phi) is 5.06. The number of fused-ring (bicyclic) bond motifs is 1. The van der Waals surface area contributed by atoms with Crippen LogP contribution < -0.4 is 10.1 Å². The van der Waals surface area contributed by atoms with Crippen molar-refractivity contribution in [3.8, 4) is 5.75 Å². The lowest BCUT2D eigenvalue weighted by Gasteiger charge is -2.07. The second-order valence-electron chi connectivity index (χ2n) is 5.85. The lowest BCUT2D eigenvalue weighted by atomic mass is 10.2. The first-order chi connectivity index (χ1) is 10.4. The highest BCUT2D eigenvalue weighted by atomic mass is 16.5. The molecule has 0 unspecified atom stereocenters. The van der Waals surface area contributed by atoms with Gasteiger partial charge in [-0.2, -0.15) is 0 Å². The number of hydrogen-bond acceptors (Lipinski definition) is 3. The van der Waals surface area contributed by atoms with E-state index < -0.39 is 0 Å². The van der Waals surface area contributed by atoms with Crippen molar-refractivity contribution in [2.24, 2.45) is 0 Å². The molecule has 0 aliphatic heterocycles. The Balaban J connectivity index is 1.30. The first kappa shape index (κ1) is 14.3. The summed E-state index contributed by atoms with van der Waals surface area (Å²) in [5, 5.41) is 4.71. The molecule has 2 aromatic rings. The number of nitrogens with one attached hydrogen (secondary N) is 1. The molecule has 1 fully saturated rings. The lowest BCUT2D eigenvalue weighted by molar-refractivity contribution is 0.305. The molecule has 0 bridgehead atoms. The maximum Gasteiger partial charge on any atom is 0.121 e. The summed E-state index contributed by atoms with van der Waals surface area (Å²) in [5.74, 6) is 0.927. The summed E-state index contributed by atoms with van der Waals surface area (Å²) < 4.78 is 5.81. The van der Waals surface area contributed by atoms with Gasteiger partial charge in [-0.1, -0.05) is 18.9 Å². The summed E-state index contributed by atoms with van der Waals surface area (Å²) in [5.41, 5.74) is 1.00. The zero-order valence-corrected chi connectivity index (χ0v) is 12.6. The van der Waals surface area contributed by atoms with Gasteiger partial charge in [0.05, 0.1) is 12.1 Å². The standard InChI is InChI=1S/C18H24N2O/c1(3-11-19-16-8-9-16)2-4-13-21-17-10-7-15-6-5-12-20-18(15)14-17/h5-7,10,12,14,16,19H,1-4,8-9,11,13H2. The third-order valence-electron chi connectivity index (χ3n) is 3.93. The van der Waals surface area contributed by atoms with E-state index in [-0.39, 0.29) is 0 Å². The second-order valence-corrected chi connectivity index (χ2v) is 5.85. The summed E-state index contributed by atoms with van der Waals surface area (Å²) in [6, 6.07) is 11.0. The molecule has 112 valence electrons. The lowest BCUT2D eigenvalue weighted by Crippen LogP contribution is -2.17. The molecule has 1 aromatic carbocycles. The average Bonchev–Trinajstić information content (AvgIpc) is 3.34. The van der Waals surface area contributed by atoms with E-state index in [9.17, 15) is 0 Å². The summed E-state index contributed by atoms with van der Waals surface area (Å²) in [6.45, 7) is 1.98. The fourth-order valence-electron chi connectivity index (χ4n) is 2.50. The predicted octanol–water partition coefficient (Wildman–Crippen LogP) is 3.93. The Morgan fingerprint density at radius 3 is 2.90 bits per heavy atom. The predicted molar refractivity (Wildman–Crippen MR) is 86.7 cm³/mol. The van der Waals surface area contributed by atoms with Gasteiger partial charge < -0.3 is 10.1 Å². The number of unbranched alkanes of at least 4 members (excludes halogenated alkanes) is 3. The van der Waals surface area contributed by atoms with E-state index in [0.717, 1.165) is 35.7 Å². The van der Waals surface area contributed by atoms with Crippen molar-refractivity contribution in [3.63, 3.8) is 0 Å². The van der Waals surface area contributed by atoms with Gasteiger partial charge in [-0.3, -0.25) is 4.98 Å². The third kappa shape index (κ3) is 4.71. The number of nitrogens with zero attached hydrogens (tertiary/aromatic N) is 1. The van der Waals surface area contributed by atoms with Crippen molar-refractivity contribution in [3.05, 3.63) is 36.5 Å². The number of pyridine rings is 1. The molecule has 0 saturated heterocycles. The van der Waals surface area contributed by atoms with E-state index in [4.69, 9.17) is 4.74 Å². The zero-order valence-electron chi connectivity index (χ0n) is 12.6. The van der Waals surface area contributed by atoms with Crippen molar-refractivity contribution in [1.29, 1.82) is 0 Å². The molecule has 1 heterocycles. The monoisotopic (exact) mass is 284 g/mol. The molecule has 1 aliphatic carbocycles. The summed E-state index contributed by atoms with van der Waals surface area (Å²) in [6.07, 6.45) is 9.55. The summed E-state index contributed by atoms with van der Waals surface area (Å²) >= 11 is 0. The molecule has 3 nitrogen and oxygen atoms in total. The molecule has 1 aliphatic rings. The average molecular weight is 284 g/mol. The molecule has 1 aromatic heterocycles. The fourth-order valence-corrected chi connectivity index (χ4v) is 2.50. The van der Waals surface area contributed by atoms with Crippen LogP contribution in [0.25, 0.3) is 10.9 Å². The Morgan fingerprint density at radius 1 is 1.10 bits per heavy atom. The Bertz CT molecular complexity index is 566. The van der Waals surface area contributed by atoms with E-state index >= 15 is 0 Å². The number of ether oxygens (including phenoxy) is 1. The highest BCUT2D eigenvalue weighted by Crippen LogP contribution is 2.19. The molecule has 0 atom stereocenters. The quantitative estimate of drug-likeness (QED) is 0.709. The largest absolute Gasteiger partial charge is 0.494 e. The van der Waals surface area contributed by atoms with Crippen molar-refractivity contribution < 1.29 is 4.74 Å². The zero-order chi connectivity index (χ0) is 14.3. The topological polar surface area (TPSA) is 34.1 Å². The first-order valence-electron chi connectivity index (χ1n) is 8.13. The van der Waals surface area contributed by atoms with E-state index in [2.05, 4.69) is 22.4 Å². The fraction of sp³-hybridized carbons (Fsp3) is 0.500. The van der Waals surface area contributed by atoms with Crippen LogP contribution in [0.15, 0.2) is 36.5 Å². The molecule has 21 heavy (non-hydrogen) atoms. The van der Waals surface area contributed by atoms with Gasteiger partial charge in [0.2, 0.25) is 0 Å². The van der Waals surface area contributed by atoms with Gasteiger partial charge in [0.1, 0.15) is 5.75 Å². The molecule has 0 amide bonds. The minimum atomic E-state index is 0.800. The molecule has 3 rings (SSSR count). The molecular weight excluding hydrogens is 260 g/mol. The number of benzene rings is 1. The number of rotatable bonds is 9. The molecule has 3 heteroatoms. The van der Waals surface area contributed by atoms with Gasteiger partial charge in [0.15, 0.2) is 0 Å². The number of hydrogen-bond donors (Lipinski definition) is 1. The molecular formula is C18H24N2O. The van der Waals surface area contributed by atoms with Gasteiger partial charge in [-0.05, 0) is 50.4 Å². The van der Waals surface area contributed by atoms with Crippen molar-refractivity contribution >= 4 is 10.9 Å². The highest BCUT2D eigenvalue weighted by Gasteiger charge is 2.19. The molecule has 1 saturated carbocycles. The van der Waals surface area contributed by atoms with Crippen LogP contribution in [0.1, 0.15) is 38.5 Å². The van der Waals surface area contributed by atoms with Crippen LogP contribution in [0.2, 0.25) is 0 Å². The molecule has 1 N–H and O–H groups in total. The normalized spacial score (nSPS) is 14.5. The van der Waals surface area contributed by atoms with E-state index in [1.54, 1.807) is 0 Å². The van der Waals surface area contributed by atoms with Gasteiger partial charge in [-0.15, -0.1) is 0 Å². The van der Waals surface area contributed by atoms with E-state index in [1.165, 1.54) is 38.6 Å². The van der Waals surface area contributed by atoms with E-state index in [0.29, 0.717) is 0 Å². The van der Waals surface area contributed by atoms with E-state index in [1.807, 2.05) is 24.4 Å². The van der Waals surface area contributed by atoms with Gasteiger partial charge >= 0.3 is 0 Å². The van der Waals surface area contributed by atoms with Crippen LogP contribution in [-0.4, -0.2) is 24.2 Å². The smallest absolute Gasteiger partial charge is 0.121 e. The van der Waals surface area contributed by atoms with Crippen LogP contribution >= 0.6 is 0 Å². The Hall–Kier alpha value is -1.61. The SMILES string of the molecule is c1cnc2cc(OCCCCCCNC3CC3)ccc2c1. The van der Waals surface area contributed by atoms with Gasteiger partial charge in [0, 0.05) is 23.7 Å². The minimum absolute atomic E-state index is 0.800. The molecule has 0 spiro atoms. The minimum Gasteiger partial charge on any atom is -0.494 e. The summed E-state index contributed by atoms with van der Waals surface area (Å²) in [7, 11) is 0. The first-order valence-corrected chi connectivity index (χ1v) is 8.13. The summed E-state index contributed by atoms with van der Waals surface area (Å²) in [4.78, 5) is 4.35. The maximum absolute atomic E-state index is 5.81. The number of aromatic nitrogens is 1. The Labute approximate surface area is 126 Å². The van der Waals surface area contributed by atoms with Gasteiger partial charge in [0.25, 0.3) is 0 Å². The van der Waals surface area contributed by atoms with Crippen molar-refractivity contribution in [2.45, 2.75) is 44.6 Å².